The van der Waals surface area contributed by atoms with Gasteiger partial charge in [0.05, 0.1) is 14.9 Å². The van der Waals surface area contributed by atoms with E-state index < -0.39 is 48.9 Å². The quantitative estimate of drug-likeness (QED) is 0.223. The van der Waals surface area contributed by atoms with Crippen LogP contribution in [0.5, 0.6) is 11.6 Å². The monoisotopic (exact) mass is 738 g/mol. The molecular formula is C24H26F7IN6O3S. The molecule has 1 saturated heterocycles. The number of benzene rings is 1. The van der Waals surface area contributed by atoms with Gasteiger partial charge in [0, 0.05) is 56.3 Å². The molecule has 1 atom stereocenters. The molecule has 0 radical (unpaired) electrons. The number of hydrogen-bond acceptors (Lipinski definition) is 8. The number of piperazine rings is 1. The highest BCUT2D eigenvalue weighted by atomic mass is 127. The predicted molar refractivity (Wildman–Crippen MR) is 152 cm³/mol. The van der Waals surface area contributed by atoms with Crippen LogP contribution in [0, 0.1) is 16.3 Å². The van der Waals surface area contributed by atoms with Gasteiger partial charge in [0.2, 0.25) is 5.88 Å². The third-order valence-corrected chi connectivity index (χ3v) is 7.87. The van der Waals surface area contributed by atoms with E-state index in [0.717, 1.165) is 17.5 Å². The Morgan fingerprint density at radius 1 is 1.05 bits per heavy atom. The van der Waals surface area contributed by atoms with Gasteiger partial charge in [-0.25, -0.2) is 14.2 Å². The third kappa shape index (κ3) is 9.19. The molecule has 3 heterocycles. The van der Waals surface area contributed by atoms with Crippen LogP contribution < -0.4 is 25.4 Å². The molecule has 2 aliphatic heterocycles. The van der Waals surface area contributed by atoms with Crippen LogP contribution in [0.2, 0.25) is 0 Å². The zero-order valence-corrected chi connectivity index (χ0v) is 24.9. The first-order valence-corrected chi connectivity index (χ1v) is 14.6. The van der Waals surface area contributed by atoms with Crippen LogP contribution in [-0.4, -0.2) is 90.4 Å². The molecule has 0 spiro atoms. The molecule has 9 nitrogen and oxygen atoms in total. The normalized spacial score (nSPS) is 17.4. The van der Waals surface area contributed by atoms with Gasteiger partial charge in [-0.1, -0.05) is 0 Å². The molecule has 1 fully saturated rings. The SMILES string of the molecule is Cc1cc(OCC(F)(F)F)c(NC(=O)N2CCN(CCSC3Nc4cc(F)c(I)cc4N3)CC2)c(OCC(F)(F)F)n1. The summed E-state index contributed by atoms with van der Waals surface area (Å²) in [6, 6.07) is 3.49. The summed E-state index contributed by atoms with van der Waals surface area (Å²) >= 11 is 3.52. The first-order valence-electron chi connectivity index (χ1n) is 12.5. The number of pyridine rings is 1. The van der Waals surface area contributed by atoms with E-state index in [2.05, 4.69) is 25.8 Å². The van der Waals surface area contributed by atoms with Crippen molar-refractivity contribution in [2.75, 3.05) is 67.6 Å². The van der Waals surface area contributed by atoms with Crippen molar-refractivity contribution >= 4 is 57.4 Å². The fourth-order valence-electron chi connectivity index (χ4n) is 4.11. The van der Waals surface area contributed by atoms with Gasteiger partial charge < -0.3 is 25.0 Å². The molecule has 18 heteroatoms. The number of hydrogen-bond donors (Lipinski definition) is 3. The summed E-state index contributed by atoms with van der Waals surface area (Å²) in [5.74, 6) is -0.804. The highest BCUT2D eigenvalue weighted by molar-refractivity contribution is 14.1. The Morgan fingerprint density at radius 2 is 1.67 bits per heavy atom. The first kappa shape index (κ1) is 32.3. The number of thioether (sulfide) groups is 1. The fraction of sp³-hybridized carbons (Fsp3) is 0.500. The lowest BCUT2D eigenvalue weighted by molar-refractivity contribution is -0.154. The number of nitrogens with zero attached hydrogens (tertiary/aromatic N) is 3. The molecule has 4 rings (SSSR count). The molecule has 2 aliphatic rings. The Bertz CT molecular complexity index is 1210. The molecule has 232 valence electrons. The van der Waals surface area contributed by atoms with Crippen molar-refractivity contribution in [2.24, 2.45) is 0 Å². The van der Waals surface area contributed by atoms with E-state index in [1.54, 1.807) is 17.8 Å². The minimum absolute atomic E-state index is 0.0302. The topological polar surface area (TPSA) is 91.0 Å². The maximum Gasteiger partial charge on any atom is 0.422 e. The number of carbonyl (C=O) groups excluding carboxylic acids is 1. The van der Waals surface area contributed by atoms with E-state index in [-0.39, 0.29) is 30.1 Å². The van der Waals surface area contributed by atoms with E-state index in [0.29, 0.717) is 28.9 Å². The van der Waals surface area contributed by atoms with Crippen molar-refractivity contribution in [3.05, 3.63) is 33.3 Å². The molecule has 0 aliphatic carbocycles. The second kappa shape index (κ2) is 13.4. The predicted octanol–water partition coefficient (Wildman–Crippen LogP) is 5.72. The lowest BCUT2D eigenvalue weighted by Crippen LogP contribution is -2.50. The molecule has 1 aromatic heterocycles. The van der Waals surface area contributed by atoms with Gasteiger partial charge >= 0.3 is 18.4 Å². The van der Waals surface area contributed by atoms with Crippen molar-refractivity contribution < 1.29 is 45.0 Å². The highest BCUT2D eigenvalue weighted by Gasteiger charge is 2.33. The van der Waals surface area contributed by atoms with Crippen molar-refractivity contribution in [3.8, 4) is 11.6 Å². The van der Waals surface area contributed by atoms with Gasteiger partial charge in [-0.15, -0.1) is 11.8 Å². The summed E-state index contributed by atoms with van der Waals surface area (Å²) in [7, 11) is 0. The van der Waals surface area contributed by atoms with Gasteiger partial charge in [-0.3, -0.25) is 10.2 Å². The summed E-state index contributed by atoms with van der Waals surface area (Å²) in [5.41, 5.74) is 0.886. The number of anilines is 3. The number of rotatable bonds is 9. The van der Waals surface area contributed by atoms with Crippen molar-refractivity contribution in [2.45, 2.75) is 24.8 Å². The smallest absolute Gasteiger partial charge is 0.422 e. The summed E-state index contributed by atoms with van der Waals surface area (Å²) in [5, 5.41) is 8.83. The van der Waals surface area contributed by atoms with Crippen LogP contribution in [-0.2, 0) is 0 Å². The van der Waals surface area contributed by atoms with Gasteiger partial charge in [0.25, 0.3) is 0 Å². The number of alkyl halides is 6. The number of ether oxygens (including phenoxy) is 2. The molecule has 1 aromatic carbocycles. The van der Waals surface area contributed by atoms with Crippen LogP contribution in [0.4, 0.5) is 52.6 Å². The highest BCUT2D eigenvalue weighted by Crippen LogP contribution is 2.37. The van der Waals surface area contributed by atoms with Gasteiger partial charge in [-0.2, -0.15) is 26.3 Å². The fourth-order valence-corrected chi connectivity index (χ4v) is 5.59. The lowest BCUT2D eigenvalue weighted by Gasteiger charge is -2.35. The Morgan fingerprint density at radius 3 is 2.31 bits per heavy atom. The zero-order chi connectivity index (χ0) is 30.7. The second-order valence-corrected chi connectivity index (χ2v) is 11.7. The number of carbonyl (C=O) groups is 1. The maximum absolute atomic E-state index is 13.8. The summed E-state index contributed by atoms with van der Waals surface area (Å²) in [4.78, 5) is 20.3. The molecule has 0 saturated carbocycles. The summed E-state index contributed by atoms with van der Waals surface area (Å²) in [6.07, 6.45) is -9.48. The number of halogens is 8. The molecule has 3 N–H and O–H groups in total. The molecule has 2 amide bonds. The van der Waals surface area contributed by atoms with E-state index in [4.69, 9.17) is 9.47 Å². The van der Waals surface area contributed by atoms with Crippen LogP contribution in [0.3, 0.4) is 0 Å². The van der Waals surface area contributed by atoms with Crippen molar-refractivity contribution in [3.63, 3.8) is 0 Å². The van der Waals surface area contributed by atoms with Gasteiger partial charge in [0.1, 0.15) is 17.0 Å². The Kier molecular flexibility index (Phi) is 10.3. The molecule has 2 aromatic rings. The number of urea groups is 1. The second-order valence-electron chi connectivity index (χ2n) is 9.36. The van der Waals surface area contributed by atoms with E-state index in [9.17, 15) is 35.5 Å². The van der Waals surface area contributed by atoms with E-state index in [1.165, 1.54) is 17.9 Å². The average molecular weight is 738 g/mol. The number of nitrogens with one attached hydrogen (secondary N) is 3. The van der Waals surface area contributed by atoms with Crippen LogP contribution in [0.25, 0.3) is 0 Å². The Balaban J connectivity index is 1.30. The Labute approximate surface area is 254 Å². The number of aromatic nitrogens is 1. The largest absolute Gasteiger partial charge is 0.482 e. The lowest BCUT2D eigenvalue weighted by atomic mass is 10.3. The van der Waals surface area contributed by atoms with Gasteiger partial charge in [-0.05, 0) is 35.6 Å². The standard InChI is InChI=1S/C24H26F7IN6O3S/c1-13-8-18(40-11-23(26,27)28)19(20(33-13)41-12-24(29,30)31)36-22(39)38-4-2-37(3-5-38)6-7-42-21-34-16-9-14(25)15(32)10-17(16)35-21/h8-10,21,34-35H,2-7,11-12H2,1H3,(H,36,39). The minimum Gasteiger partial charge on any atom is -0.482 e. The summed E-state index contributed by atoms with van der Waals surface area (Å²) in [6.45, 7) is 0.0247. The van der Waals surface area contributed by atoms with E-state index >= 15 is 0 Å². The number of amides is 2. The van der Waals surface area contributed by atoms with E-state index in [1.807, 2.05) is 22.6 Å². The summed E-state index contributed by atoms with van der Waals surface area (Å²) < 4.78 is 101. The van der Waals surface area contributed by atoms with Crippen LogP contribution >= 0.6 is 34.4 Å². The average Bonchev–Trinajstić information content (AvgIpc) is 3.28. The maximum atomic E-state index is 13.8. The zero-order valence-electron chi connectivity index (χ0n) is 22.0. The van der Waals surface area contributed by atoms with Crippen molar-refractivity contribution in [1.29, 1.82) is 0 Å². The first-order chi connectivity index (χ1) is 19.7. The van der Waals surface area contributed by atoms with Gasteiger partial charge in [0.15, 0.2) is 19.0 Å². The molecule has 42 heavy (non-hydrogen) atoms. The van der Waals surface area contributed by atoms with Crippen molar-refractivity contribution in [1.82, 2.24) is 14.8 Å². The molecule has 1 unspecified atom stereocenters. The molecular weight excluding hydrogens is 712 g/mol. The Hall–Kier alpha value is -2.61. The van der Waals surface area contributed by atoms with Crippen LogP contribution in [0.15, 0.2) is 18.2 Å². The van der Waals surface area contributed by atoms with Crippen LogP contribution in [0.1, 0.15) is 5.69 Å². The third-order valence-electron chi connectivity index (χ3n) is 6.06. The molecule has 0 bridgehead atoms. The number of fused-ring (bicyclic) bond motifs is 1. The number of aryl methyl sites for hydroxylation is 1. The minimum atomic E-state index is -4.75.